The van der Waals surface area contributed by atoms with Crippen molar-refractivity contribution in [1.82, 2.24) is 19.9 Å². The van der Waals surface area contributed by atoms with E-state index in [9.17, 15) is 0 Å². The van der Waals surface area contributed by atoms with Crippen LogP contribution in [0.25, 0.3) is 0 Å². The largest absolute Gasteiger partial charge is 0.368 e. The zero-order valence-corrected chi connectivity index (χ0v) is 13.2. The Hall–Kier alpha value is -1.63. The van der Waals surface area contributed by atoms with Gasteiger partial charge in [0.15, 0.2) is 0 Å². The van der Waals surface area contributed by atoms with Crippen LogP contribution >= 0.6 is 0 Å². The molecule has 7 heteroatoms. The van der Waals surface area contributed by atoms with Gasteiger partial charge < -0.3 is 20.9 Å². The highest BCUT2D eigenvalue weighted by Gasteiger charge is 2.11. The molecule has 0 saturated heterocycles. The molecule has 7 nitrogen and oxygen atoms in total. The van der Waals surface area contributed by atoms with Crippen molar-refractivity contribution in [3.8, 4) is 0 Å². The van der Waals surface area contributed by atoms with Crippen LogP contribution in [0.2, 0.25) is 0 Å². The standard InChI is InChI=1S/C13H27N7/c1-6-20(7-2)13-17-11(14)16-12(18-13)15-10(3)8-9-19(4)5/h10H,6-9H2,1-5H3,(H3,14,15,16,17,18). The first kappa shape index (κ1) is 16.4. The maximum absolute atomic E-state index is 5.77. The quantitative estimate of drug-likeness (QED) is 0.737. The van der Waals surface area contributed by atoms with Crippen molar-refractivity contribution in [2.75, 3.05) is 49.7 Å². The third-order valence-corrected chi connectivity index (χ3v) is 3.07. The number of aromatic nitrogens is 3. The van der Waals surface area contributed by atoms with Gasteiger partial charge in [-0.3, -0.25) is 0 Å². The topological polar surface area (TPSA) is 83.2 Å². The number of hydrogen-bond acceptors (Lipinski definition) is 7. The van der Waals surface area contributed by atoms with Crippen LogP contribution < -0.4 is 16.0 Å². The number of nitrogen functional groups attached to an aromatic ring is 1. The second kappa shape index (κ2) is 7.84. The Labute approximate surface area is 121 Å². The van der Waals surface area contributed by atoms with E-state index < -0.39 is 0 Å². The summed E-state index contributed by atoms with van der Waals surface area (Å²) in [6.45, 7) is 8.94. The zero-order valence-electron chi connectivity index (χ0n) is 13.2. The van der Waals surface area contributed by atoms with E-state index in [-0.39, 0.29) is 12.0 Å². The van der Waals surface area contributed by atoms with E-state index in [4.69, 9.17) is 5.73 Å². The van der Waals surface area contributed by atoms with Gasteiger partial charge in [0.25, 0.3) is 0 Å². The molecule has 1 aromatic rings. The summed E-state index contributed by atoms with van der Waals surface area (Å²) in [6, 6.07) is 0.281. The Balaban J connectivity index is 2.75. The second-order valence-electron chi connectivity index (χ2n) is 5.13. The van der Waals surface area contributed by atoms with Crippen LogP contribution in [0, 0.1) is 0 Å². The first-order valence-corrected chi connectivity index (χ1v) is 7.14. The fourth-order valence-electron chi connectivity index (χ4n) is 1.84. The fourth-order valence-corrected chi connectivity index (χ4v) is 1.84. The molecule has 20 heavy (non-hydrogen) atoms. The van der Waals surface area contributed by atoms with E-state index in [1.807, 2.05) is 4.90 Å². The van der Waals surface area contributed by atoms with Crippen molar-refractivity contribution >= 4 is 17.8 Å². The summed E-state index contributed by atoms with van der Waals surface area (Å²) in [4.78, 5) is 17.0. The molecule has 1 unspecified atom stereocenters. The lowest BCUT2D eigenvalue weighted by molar-refractivity contribution is 0.390. The van der Waals surface area contributed by atoms with Crippen molar-refractivity contribution in [3.63, 3.8) is 0 Å². The molecule has 1 atom stereocenters. The lowest BCUT2D eigenvalue weighted by atomic mass is 10.2. The van der Waals surface area contributed by atoms with Gasteiger partial charge in [0.2, 0.25) is 17.8 Å². The average Bonchev–Trinajstić information content (AvgIpc) is 2.37. The highest BCUT2D eigenvalue weighted by molar-refractivity contribution is 5.42. The molecule has 114 valence electrons. The summed E-state index contributed by atoms with van der Waals surface area (Å²) in [5.41, 5.74) is 5.77. The van der Waals surface area contributed by atoms with Gasteiger partial charge in [0, 0.05) is 19.1 Å². The molecule has 3 N–H and O–H groups in total. The number of nitrogens with one attached hydrogen (secondary N) is 1. The SMILES string of the molecule is CCN(CC)c1nc(N)nc(NC(C)CCN(C)C)n1. The minimum Gasteiger partial charge on any atom is -0.368 e. The van der Waals surface area contributed by atoms with Gasteiger partial charge in [-0.1, -0.05) is 0 Å². The maximum Gasteiger partial charge on any atom is 0.231 e. The van der Waals surface area contributed by atoms with E-state index in [0.29, 0.717) is 11.9 Å². The lowest BCUT2D eigenvalue weighted by Gasteiger charge is -2.20. The Morgan fingerprint density at radius 3 is 2.35 bits per heavy atom. The summed E-state index contributed by atoms with van der Waals surface area (Å²) in [5.74, 6) is 1.43. The van der Waals surface area contributed by atoms with E-state index in [0.717, 1.165) is 26.1 Å². The molecule has 0 amide bonds. The Morgan fingerprint density at radius 1 is 1.15 bits per heavy atom. The minimum absolute atomic E-state index is 0.254. The van der Waals surface area contributed by atoms with Crippen molar-refractivity contribution in [2.24, 2.45) is 0 Å². The monoisotopic (exact) mass is 281 g/mol. The van der Waals surface area contributed by atoms with Gasteiger partial charge in [0.1, 0.15) is 0 Å². The Morgan fingerprint density at radius 2 is 1.80 bits per heavy atom. The van der Waals surface area contributed by atoms with Crippen molar-refractivity contribution in [2.45, 2.75) is 33.2 Å². The predicted molar refractivity (Wildman–Crippen MR) is 84.1 cm³/mol. The van der Waals surface area contributed by atoms with Crippen LogP contribution in [-0.4, -0.2) is 59.6 Å². The first-order valence-electron chi connectivity index (χ1n) is 7.14. The number of rotatable bonds is 8. The molecule has 0 aromatic carbocycles. The van der Waals surface area contributed by atoms with Gasteiger partial charge in [-0.05, 0) is 47.8 Å². The van der Waals surface area contributed by atoms with Crippen molar-refractivity contribution in [1.29, 1.82) is 0 Å². The average molecular weight is 281 g/mol. The highest BCUT2D eigenvalue weighted by Crippen LogP contribution is 2.12. The molecule has 1 rings (SSSR count). The van der Waals surface area contributed by atoms with Crippen LogP contribution in [-0.2, 0) is 0 Å². The molecule has 0 aliphatic rings. The molecule has 0 fully saturated rings. The third kappa shape index (κ3) is 5.16. The molecule has 0 saturated carbocycles. The molecule has 0 aliphatic carbocycles. The molecule has 0 bridgehead atoms. The summed E-state index contributed by atoms with van der Waals surface area (Å²) in [5, 5.41) is 3.29. The normalized spacial score (nSPS) is 12.5. The van der Waals surface area contributed by atoms with Gasteiger partial charge in [-0.2, -0.15) is 15.0 Å². The molecular formula is C13H27N7. The van der Waals surface area contributed by atoms with E-state index in [1.165, 1.54) is 0 Å². The Bertz CT molecular complexity index is 404. The molecule has 0 radical (unpaired) electrons. The third-order valence-electron chi connectivity index (χ3n) is 3.07. The van der Waals surface area contributed by atoms with Crippen molar-refractivity contribution in [3.05, 3.63) is 0 Å². The van der Waals surface area contributed by atoms with E-state index in [1.54, 1.807) is 0 Å². The first-order chi connectivity index (χ1) is 9.46. The zero-order chi connectivity index (χ0) is 15.1. The molecule has 1 heterocycles. The van der Waals surface area contributed by atoms with Crippen LogP contribution in [0.3, 0.4) is 0 Å². The van der Waals surface area contributed by atoms with Gasteiger partial charge in [0.05, 0.1) is 0 Å². The summed E-state index contributed by atoms with van der Waals surface area (Å²) in [6.07, 6.45) is 1.01. The van der Waals surface area contributed by atoms with Gasteiger partial charge in [-0.25, -0.2) is 0 Å². The smallest absolute Gasteiger partial charge is 0.231 e. The van der Waals surface area contributed by atoms with Gasteiger partial charge in [-0.15, -0.1) is 0 Å². The number of nitrogens with zero attached hydrogens (tertiary/aromatic N) is 5. The second-order valence-corrected chi connectivity index (χ2v) is 5.13. The summed E-state index contributed by atoms with van der Waals surface area (Å²) < 4.78 is 0. The number of hydrogen-bond donors (Lipinski definition) is 2. The lowest BCUT2D eigenvalue weighted by Crippen LogP contribution is -2.27. The Kier molecular flexibility index (Phi) is 6.44. The maximum atomic E-state index is 5.77. The van der Waals surface area contributed by atoms with Crippen LogP contribution in [0.5, 0.6) is 0 Å². The van der Waals surface area contributed by atoms with Gasteiger partial charge >= 0.3 is 0 Å². The highest BCUT2D eigenvalue weighted by atomic mass is 15.3. The van der Waals surface area contributed by atoms with Crippen LogP contribution in [0.15, 0.2) is 0 Å². The predicted octanol–water partition coefficient (Wildman–Crippen LogP) is 1.05. The van der Waals surface area contributed by atoms with E-state index in [2.05, 4.69) is 60.0 Å². The number of anilines is 3. The molecule has 0 aliphatic heterocycles. The van der Waals surface area contributed by atoms with Crippen LogP contribution in [0.1, 0.15) is 27.2 Å². The van der Waals surface area contributed by atoms with E-state index >= 15 is 0 Å². The summed E-state index contributed by atoms with van der Waals surface area (Å²) >= 11 is 0. The molecule has 0 spiro atoms. The van der Waals surface area contributed by atoms with Crippen molar-refractivity contribution < 1.29 is 0 Å². The summed E-state index contributed by atoms with van der Waals surface area (Å²) in [7, 11) is 4.12. The molecule has 1 aromatic heterocycles. The fraction of sp³-hybridized carbons (Fsp3) is 0.769. The van der Waals surface area contributed by atoms with Crippen LogP contribution in [0.4, 0.5) is 17.8 Å². The molecular weight excluding hydrogens is 254 g/mol. The minimum atomic E-state index is 0.254. The number of nitrogens with two attached hydrogens (primary N) is 1.